The van der Waals surface area contributed by atoms with E-state index in [0.717, 1.165) is 24.8 Å². The van der Waals surface area contributed by atoms with Crippen LogP contribution in [0, 0.1) is 12.8 Å². The van der Waals surface area contributed by atoms with E-state index in [2.05, 4.69) is 22.6 Å². The molecule has 3 atom stereocenters. The Balaban J connectivity index is 1.90. The number of hydrogen-bond donors (Lipinski definition) is 0. The molecular formula is C15H20INO2S. The van der Waals surface area contributed by atoms with Gasteiger partial charge in [-0.25, -0.2) is 8.42 Å². The van der Waals surface area contributed by atoms with Gasteiger partial charge in [-0.3, -0.25) is 0 Å². The number of sulfonamides is 1. The number of rotatable bonds is 2. The summed E-state index contributed by atoms with van der Waals surface area (Å²) >= 11 is 2.51. The third-order valence-corrected chi connectivity index (χ3v) is 8.10. The molecule has 1 saturated heterocycles. The van der Waals surface area contributed by atoms with Crippen LogP contribution in [0.15, 0.2) is 29.2 Å². The summed E-state index contributed by atoms with van der Waals surface area (Å²) in [5.74, 6) is 0.546. The van der Waals surface area contributed by atoms with Crippen LogP contribution in [0.1, 0.15) is 31.2 Å². The lowest BCUT2D eigenvalue weighted by molar-refractivity contribution is 0.272. The molecule has 1 saturated carbocycles. The lowest BCUT2D eigenvalue weighted by Gasteiger charge is -2.34. The summed E-state index contributed by atoms with van der Waals surface area (Å²) in [6.45, 7) is 2.66. The molecule has 1 aromatic rings. The van der Waals surface area contributed by atoms with Crippen molar-refractivity contribution in [3.63, 3.8) is 0 Å². The Morgan fingerprint density at radius 2 is 1.85 bits per heavy atom. The first-order valence-corrected chi connectivity index (χ1v) is 9.91. The van der Waals surface area contributed by atoms with Crippen LogP contribution in [0.2, 0.25) is 0 Å². The molecule has 0 aromatic heterocycles. The molecule has 2 aliphatic rings. The highest BCUT2D eigenvalue weighted by Gasteiger charge is 2.45. The third kappa shape index (κ3) is 2.52. The van der Waals surface area contributed by atoms with Crippen molar-refractivity contribution in [3.05, 3.63) is 29.8 Å². The molecule has 20 heavy (non-hydrogen) atoms. The maximum Gasteiger partial charge on any atom is 0.243 e. The van der Waals surface area contributed by atoms with Crippen molar-refractivity contribution in [2.24, 2.45) is 5.92 Å². The number of aryl methyl sites for hydroxylation is 1. The summed E-state index contributed by atoms with van der Waals surface area (Å²) < 4.78 is 28.1. The molecule has 0 bridgehead atoms. The fourth-order valence-electron chi connectivity index (χ4n) is 3.51. The number of fused-ring (bicyclic) bond motifs is 1. The first-order valence-electron chi connectivity index (χ1n) is 7.23. The number of halogens is 1. The maximum atomic E-state index is 12.8. The predicted octanol–water partition coefficient (Wildman–Crippen LogP) is 3.36. The van der Waals surface area contributed by atoms with E-state index in [1.807, 2.05) is 19.1 Å². The minimum absolute atomic E-state index is 0.219. The van der Waals surface area contributed by atoms with Gasteiger partial charge >= 0.3 is 0 Å². The lowest BCUT2D eigenvalue weighted by Crippen LogP contribution is -2.41. The molecule has 1 aliphatic heterocycles. The lowest BCUT2D eigenvalue weighted by atomic mass is 9.85. The molecule has 5 heteroatoms. The standard InChI is InChI=1S/C15H20INO2S/c1-11-5-7-12(8-6-11)20(18,19)17-10-9-13-14(16)3-2-4-15(13)17/h5-8,13-15H,2-4,9-10H2,1H3/t13-,14?,15+/m1/s1. The highest BCUT2D eigenvalue weighted by molar-refractivity contribution is 14.1. The number of nitrogens with zero attached hydrogens (tertiary/aromatic N) is 1. The summed E-state index contributed by atoms with van der Waals surface area (Å²) in [5.41, 5.74) is 1.09. The van der Waals surface area contributed by atoms with E-state index in [0.29, 0.717) is 21.3 Å². The molecule has 0 spiro atoms. The molecule has 1 heterocycles. The topological polar surface area (TPSA) is 37.4 Å². The number of benzene rings is 1. The largest absolute Gasteiger partial charge is 0.243 e. The van der Waals surface area contributed by atoms with Crippen molar-refractivity contribution in [1.29, 1.82) is 0 Å². The SMILES string of the molecule is Cc1ccc(S(=O)(=O)N2CC[C@@H]3C(I)CCC[C@@H]32)cc1. The van der Waals surface area contributed by atoms with Crippen molar-refractivity contribution in [3.8, 4) is 0 Å². The van der Waals surface area contributed by atoms with Crippen molar-refractivity contribution in [1.82, 2.24) is 4.31 Å². The smallest absolute Gasteiger partial charge is 0.207 e. The number of hydrogen-bond acceptors (Lipinski definition) is 2. The molecular weight excluding hydrogens is 385 g/mol. The molecule has 3 rings (SSSR count). The van der Waals surface area contributed by atoms with Gasteiger partial charge < -0.3 is 0 Å². The van der Waals surface area contributed by atoms with Gasteiger partial charge in [-0.15, -0.1) is 0 Å². The monoisotopic (exact) mass is 405 g/mol. The van der Waals surface area contributed by atoms with Gasteiger partial charge in [-0.1, -0.05) is 46.7 Å². The second kappa shape index (κ2) is 5.57. The molecule has 0 N–H and O–H groups in total. The first kappa shape index (κ1) is 14.8. The average molecular weight is 405 g/mol. The Morgan fingerprint density at radius 3 is 2.55 bits per heavy atom. The van der Waals surface area contributed by atoms with E-state index in [1.165, 1.54) is 6.42 Å². The van der Waals surface area contributed by atoms with Crippen LogP contribution >= 0.6 is 22.6 Å². The Bertz CT molecular complexity index is 584. The third-order valence-electron chi connectivity index (χ3n) is 4.62. The highest BCUT2D eigenvalue weighted by Crippen LogP contribution is 2.42. The predicted molar refractivity (Wildman–Crippen MR) is 88.6 cm³/mol. The molecule has 3 nitrogen and oxygen atoms in total. The average Bonchev–Trinajstić information content (AvgIpc) is 2.85. The Morgan fingerprint density at radius 1 is 1.15 bits per heavy atom. The van der Waals surface area contributed by atoms with E-state index in [1.54, 1.807) is 16.4 Å². The summed E-state index contributed by atoms with van der Waals surface area (Å²) in [7, 11) is -3.32. The summed E-state index contributed by atoms with van der Waals surface area (Å²) in [6, 6.07) is 7.45. The van der Waals surface area contributed by atoms with Crippen LogP contribution in [0.4, 0.5) is 0 Å². The normalized spacial score (nSPS) is 31.2. The Hall–Kier alpha value is -0.140. The van der Waals surface area contributed by atoms with Gasteiger partial charge in [0.25, 0.3) is 0 Å². The van der Waals surface area contributed by atoms with Gasteiger partial charge in [0.05, 0.1) is 4.90 Å². The van der Waals surface area contributed by atoms with Crippen molar-refractivity contribution in [2.45, 2.75) is 47.5 Å². The van der Waals surface area contributed by atoms with Crippen molar-refractivity contribution in [2.75, 3.05) is 6.54 Å². The summed E-state index contributed by atoms with van der Waals surface area (Å²) in [4.78, 5) is 0.444. The van der Waals surface area contributed by atoms with E-state index in [9.17, 15) is 8.42 Å². The Labute approximate surface area is 134 Å². The van der Waals surface area contributed by atoms with E-state index < -0.39 is 10.0 Å². The molecule has 1 aromatic carbocycles. The van der Waals surface area contributed by atoms with Crippen molar-refractivity contribution >= 4 is 32.6 Å². The molecule has 2 fully saturated rings. The van der Waals surface area contributed by atoms with Crippen molar-refractivity contribution < 1.29 is 8.42 Å². The summed E-state index contributed by atoms with van der Waals surface area (Å²) in [6.07, 6.45) is 4.42. The molecule has 0 radical (unpaired) electrons. The number of alkyl halides is 1. The Kier molecular flexibility index (Phi) is 4.12. The molecule has 0 amide bonds. The molecule has 1 unspecified atom stereocenters. The zero-order valence-electron chi connectivity index (χ0n) is 11.6. The fourth-order valence-corrected chi connectivity index (χ4v) is 6.50. The van der Waals surface area contributed by atoms with Crippen LogP contribution in [-0.4, -0.2) is 29.2 Å². The highest BCUT2D eigenvalue weighted by atomic mass is 127. The van der Waals surface area contributed by atoms with E-state index in [4.69, 9.17) is 0 Å². The zero-order valence-corrected chi connectivity index (χ0v) is 14.6. The van der Waals surface area contributed by atoms with Crippen LogP contribution in [-0.2, 0) is 10.0 Å². The minimum atomic E-state index is -3.32. The van der Waals surface area contributed by atoms with Gasteiger partial charge in [0.1, 0.15) is 0 Å². The van der Waals surface area contributed by atoms with Gasteiger partial charge in [-0.05, 0) is 44.2 Å². The first-order chi connectivity index (χ1) is 9.50. The van der Waals surface area contributed by atoms with Crippen LogP contribution < -0.4 is 0 Å². The van der Waals surface area contributed by atoms with Crippen LogP contribution in [0.5, 0.6) is 0 Å². The van der Waals surface area contributed by atoms with Gasteiger partial charge in [-0.2, -0.15) is 4.31 Å². The molecule has 1 aliphatic carbocycles. The maximum absolute atomic E-state index is 12.8. The van der Waals surface area contributed by atoms with Crippen LogP contribution in [0.25, 0.3) is 0 Å². The summed E-state index contributed by atoms with van der Waals surface area (Å²) in [5, 5.41) is 0. The van der Waals surface area contributed by atoms with Crippen LogP contribution in [0.3, 0.4) is 0 Å². The van der Waals surface area contributed by atoms with E-state index in [-0.39, 0.29) is 6.04 Å². The quantitative estimate of drug-likeness (QED) is 0.559. The fraction of sp³-hybridized carbons (Fsp3) is 0.600. The zero-order chi connectivity index (χ0) is 14.3. The van der Waals surface area contributed by atoms with Gasteiger partial charge in [0, 0.05) is 16.5 Å². The second-order valence-corrected chi connectivity index (χ2v) is 9.39. The van der Waals surface area contributed by atoms with Gasteiger partial charge in [0.15, 0.2) is 0 Å². The molecule has 110 valence electrons. The van der Waals surface area contributed by atoms with Gasteiger partial charge in [0.2, 0.25) is 10.0 Å². The van der Waals surface area contributed by atoms with E-state index >= 15 is 0 Å². The second-order valence-electron chi connectivity index (χ2n) is 5.90. The minimum Gasteiger partial charge on any atom is -0.207 e.